The van der Waals surface area contributed by atoms with Gasteiger partial charge in [-0.2, -0.15) is 0 Å². The van der Waals surface area contributed by atoms with E-state index in [1.807, 2.05) is 11.4 Å². The van der Waals surface area contributed by atoms with Crippen molar-refractivity contribution in [2.24, 2.45) is 0 Å². The molecule has 0 fully saturated rings. The second kappa shape index (κ2) is 5.94. The van der Waals surface area contributed by atoms with Crippen LogP contribution in [0, 0.1) is 10.1 Å². The number of non-ortho nitro benzene ring substituents is 1. The van der Waals surface area contributed by atoms with Crippen molar-refractivity contribution in [1.82, 2.24) is 9.97 Å². The number of rotatable bonds is 5. The SMILES string of the molecule is COc1ccc([N+](=O)[O-])cc1COc1ncnc2sccc12. The molecule has 1 aromatic carbocycles. The molecule has 3 rings (SSSR count). The summed E-state index contributed by atoms with van der Waals surface area (Å²) in [4.78, 5) is 19.5. The fourth-order valence-corrected chi connectivity index (χ4v) is 2.74. The lowest BCUT2D eigenvalue weighted by molar-refractivity contribution is -0.385. The van der Waals surface area contributed by atoms with E-state index < -0.39 is 4.92 Å². The second-order valence-electron chi connectivity index (χ2n) is 4.36. The van der Waals surface area contributed by atoms with E-state index in [0.29, 0.717) is 17.2 Å². The monoisotopic (exact) mass is 317 g/mol. The average Bonchev–Trinajstić information content (AvgIpc) is 3.01. The normalized spacial score (nSPS) is 10.6. The van der Waals surface area contributed by atoms with Gasteiger partial charge in [-0.25, -0.2) is 9.97 Å². The van der Waals surface area contributed by atoms with Crippen LogP contribution >= 0.6 is 11.3 Å². The molecule has 0 radical (unpaired) electrons. The highest BCUT2D eigenvalue weighted by Gasteiger charge is 2.13. The summed E-state index contributed by atoms with van der Waals surface area (Å²) in [5, 5.41) is 13.6. The van der Waals surface area contributed by atoms with E-state index >= 15 is 0 Å². The van der Waals surface area contributed by atoms with Crippen molar-refractivity contribution in [3.8, 4) is 11.6 Å². The van der Waals surface area contributed by atoms with E-state index in [0.717, 1.165) is 10.2 Å². The van der Waals surface area contributed by atoms with E-state index in [1.54, 1.807) is 6.07 Å². The van der Waals surface area contributed by atoms with E-state index in [1.165, 1.54) is 36.9 Å². The van der Waals surface area contributed by atoms with Crippen LogP contribution in [0.15, 0.2) is 36.0 Å². The fraction of sp³-hybridized carbons (Fsp3) is 0.143. The highest BCUT2D eigenvalue weighted by atomic mass is 32.1. The molecule has 112 valence electrons. The molecule has 0 amide bonds. The smallest absolute Gasteiger partial charge is 0.270 e. The number of hydrogen-bond donors (Lipinski definition) is 0. The molecule has 0 aliphatic carbocycles. The third kappa shape index (κ3) is 2.68. The van der Waals surface area contributed by atoms with Gasteiger partial charge in [-0.05, 0) is 17.5 Å². The maximum atomic E-state index is 10.9. The van der Waals surface area contributed by atoms with Gasteiger partial charge in [0.05, 0.1) is 17.4 Å². The number of thiophene rings is 1. The third-order valence-electron chi connectivity index (χ3n) is 3.06. The Balaban J connectivity index is 1.88. The molecule has 7 nitrogen and oxygen atoms in total. The highest BCUT2D eigenvalue weighted by Crippen LogP contribution is 2.28. The van der Waals surface area contributed by atoms with Gasteiger partial charge in [0, 0.05) is 17.7 Å². The molecular weight excluding hydrogens is 306 g/mol. The lowest BCUT2D eigenvalue weighted by atomic mass is 10.2. The first-order chi connectivity index (χ1) is 10.7. The number of nitro groups is 1. The number of fused-ring (bicyclic) bond motifs is 1. The third-order valence-corrected chi connectivity index (χ3v) is 3.89. The summed E-state index contributed by atoms with van der Waals surface area (Å²) in [6, 6.07) is 6.26. The Kier molecular flexibility index (Phi) is 3.84. The summed E-state index contributed by atoms with van der Waals surface area (Å²) in [5.41, 5.74) is 0.571. The van der Waals surface area contributed by atoms with Crippen molar-refractivity contribution in [3.63, 3.8) is 0 Å². The molecule has 3 aromatic rings. The van der Waals surface area contributed by atoms with Crippen LogP contribution in [0.25, 0.3) is 10.2 Å². The fourth-order valence-electron chi connectivity index (χ4n) is 2.02. The molecule has 0 spiro atoms. The highest BCUT2D eigenvalue weighted by molar-refractivity contribution is 7.16. The van der Waals surface area contributed by atoms with Crippen molar-refractivity contribution >= 4 is 27.2 Å². The number of ether oxygens (including phenoxy) is 2. The summed E-state index contributed by atoms with van der Waals surface area (Å²) in [6.45, 7) is 0.118. The van der Waals surface area contributed by atoms with Gasteiger partial charge in [-0.15, -0.1) is 11.3 Å². The molecule has 2 aromatic heterocycles. The molecule has 0 saturated carbocycles. The van der Waals surface area contributed by atoms with Gasteiger partial charge < -0.3 is 9.47 Å². The van der Waals surface area contributed by atoms with Crippen LogP contribution in [0.5, 0.6) is 11.6 Å². The number of aromatic nitrogens is 2. The first-order valence-electron chi connectivity index (χ1n) is 6.31. The zero-order valence-electron chi connectivity index (χ0n) is 11.6. The first kappa shape index (κ1) is 14.2. The molecule has 0 N–H and O–H groups in total. The van der Waals surface area contributed by atoms with E-state index in [-0.39, 0.29) is 12.3 Å². The molecule has 0 bridgehead atoms. The van der Waals surface area contributed by atoms with Crippen LogP contribution in [0.3, 0.4) is 0 Å². The van der Waals surface area contributed by atoms with Crippen molar-refractivity contribution < 1.29 is 14.4 Å². The van der Waals surface area contributed by atoms with Crippen LogP contribution in [0.1, 0.15) is 5.56 Å². The lowest BCUT2D eigenvalue weighted by Gasteiger charge is -2.10. The predicted molar refractivity (Wildman–Crippen MR) is 81.4 cm³/mol. The summed E-state index contributed by atoms with van der Waals surface area (Å²) >= 11 is 1.49. The van der Waals surface area contributed by atoms with Crippen molar-refractivity contribution in [2.75, 3.05) is 7.11 Å². The van der Waals surface area contributed by atoms with Gasteiger partial charge in [-0.1, -0.05) is 0 Å². The Hall–Kier alpha value is -2.74. The Labute approximate surface area is 129 Å². The predicted octanol–water partition coefficient (Wildman–Crippen LogP) is 3.19. The molecule has 8 heteroatoms. The molecule has 0 unspecified atom stereocenters. The first-order valence-corrected chi connectivity index (χ1v) is 7.19. The summed E-state index contributed by atoms with van der Waals surface area (Å²) in [7, 11) is 1.51. The standard InChI is InChI=1S/C14H11N3O4S/c1-20-12-3-2-10(17(18)19)6-9(12)7-21-13-11-4-5-22-14(11)16-8-15-13/h2-6,8H,7H2,1H3. The average molecular weight is 317 g/mol. The molecule has 0 saturated heterocycles. The lowest BCUT2D eigenvalue weighted by Crippen LogP contribution is -2.01. The van der Waals surface area contributed by atoms with Crippen LogP contribution in [-0.2, 0) is 6.61 Å². The van der Waals surface area contributed by atoms with Gasteiger partial charge >= 0.3 is 0 Å². The van der Waals surface area contributed by atoms with Crippen LogP contribution < -0.4 is 9.47 Å². The molecule has 0 aliphatic heterocycles. The number of methoxy groups -OCH3 is 1. The molecule has 0 aliphatic rings. The van der Waals surface area contributed by atoms with Crippen molar-refractivity contribution in [1.29, 1.82) is 0 Å². The van der Waals surface area contributed by atoms with Gasteiger partial charge in [-0.3, -0.25) is 10.1 Å². The summed E-state index contributed by atoms with van der Waals surface area (Å²) in [6.07, 6.45) is 1.43. The minimum Gasteiger partial charge on any atom is -0.496 e. The number of hydrogen-bond acceptors (Lipinski definition) is 7. The van der Waals surface area contributed by atoms with Gasteiger partial charge in [0.25, 0.3) is 5.69 Å². The maximum absolute atomic E-state index is 10.9. The zero-order chi connectivity index (χ0) is 15.5. The van der Waals surface area contributed by atoms with Gasteiger partial charge in [0.1, 0.15) is 23.5 Å². The van der Waals surface area contributed by atoms with Crippen LogP contribution in [0.4, 0.5) is 5.69 Å². The van der Waals surface area contributed by atoms with Gasteiger partial charge in [0.15, 0.2) is 0 Å². The van der Waals surface area contributed by atoms with Crippen molar-refractivity contribution in [2.45, 2.75) is 6.61 Å². The number of nitrogens with zero attached hydrogens (tertiary/aromatic N) is 3. The number of nitro benzene ring substituents is 1. The molecule has 0 atom stereocenters. The Morgan fingerprint density at radius 3 is 2.95 bits per heavy atom. The van der Waals surface area contributed by atoms with E-state index in [9.17, 15) is 10.1 Å². The minimum atomic E-state index is -0.454. The number of benzene rings is 1. The van der Waals surface area contributed by atoms with Crippen molar-refractivity contribution in [3.05, 3.63) is 51.7 Å². The van der Waals surface area contributed by atoms with E-state index in [2.05, 4.69) is 9.97 Å². The largest absolute Gasteiger partial charge is 0.496 e. The summed E-state index contributed by atoms with van der Waals surface area (Å²) in [5.74, 6) is 0.973. The minimum absolute atomic E-state index is 0.0113. The topological polar surface area (TPSA) is 87.4 Å². The van der Waals surface area contributed by atoms with E-state index in [4.69, 9.17) is 9.47 Å². The molecule has 22 heavy (non-hydrogen) atoms. The zero-order valence-corrected chi connectivity index (χ0v) is 12.4. The van der Waals surface area contributed by atoms with Crippen LogP contribution in [-0.4, -0.2) is 22.0 Å². The summed E-state index contributed by atoms with van der Waals surface area (Å²) < 4.78 is 10.9. The van der Waals surface area contributed by atoms with Gasteiger partial charge in [0.2, 0.25) is 5.88 Å². The Morgan fingerprint density at radius 1 is 1.32 bits per heavy atom. The molecular formula is C14H11N3O4S. The quantitative estimate of drug-likeness (QED) is 0.530. The van der Waals surface area contributed by atoms with Crippen LogP contribution in [0.2, 0.25) is 0 Å². The molecule has 2 heterocycles. The maximum Gasteiger partial charge on any atom is 0.270 e. The second-order valence-corrected chi connectivity index (χ2v) is 5.25. The Bertz CT molecular complexity index is 834. The Morgan fingerprint density at radius 2 is 2.18 bits per heavy atom.